The Morgan fingerprint density at radius 1 is 1.37 bits per heavy atom. The molecule has 1 N–H and O–H groups in total. The Morgan fingerprint density at radius 3 is 2.74 bits per heavy atom. The number of rotatable bonds is 5. The van der Waals surface area contributed by atoms with E-state index in [4.69, 9.17) is 11.6 Å². The summed E-state index contributed by atoms with van der Waals surface area (Å²) in [6.07, 6.45) is 3.20. The van der Waals surface area contributed by atoms with Crippen molar-refractivity contribution >= 4 is 28.9 Å². The Labute approximate surface area is 117 Å². The van der Waals surface area contributed by atoms with Crippen molar-refractivity contribution < 1.29 is 9.18 Å². The number of carbonyl (C=O) groups is 1. The molecule has 0 unspecified atom stereocenters. The molecule has 1 aliphatic rings. The third-order valence-corrected chi connectivity index (χ3v) is 3.48. The fraction of sp³-hybridized carbons (Fsp3) is 0.500. The van der Waals surface area contributed by atoms with Gasteiger partial charge >= 0.3 is 0 Å². The monoisotopic (exact) mass is 284 g/mol. The van der Waals surface area contributed by atoms with Crippen LogP contribution in [0.2, 0.25) is 0 Å². The average molecular weight is 285 g/mol. The lowest BCUT2D eigenvalue weighted by Crippen LogP contribution is -2.19. The fourth-order valence-corrected chi connectivity index (χ4v) is 2.38. The van der Waals surface area contributed by atoms with Crippen LogP contribution >= 0.6 is 11.6 Å². The summed E-state index contributed by atoms with van der Waals surface area (Å²) in [6, 6.07) is 4.86. The average Bonchev–Trinajstić information content (AvgIpc) is 2.90. The van der Waals surface area contributed by atoms with Crippen LogP contribution in [-0.2, 0) is 4.79 Å². The lowest BCUT2D eigenvalue weighted by Gasteiger charge is -2.18. The normalized spacial score (nSPS) is 14.7. The number of nitrogens with one attached hydrogen (secondary N) is 1. The van der Waals surface area contributed by atoms with E-state index in [1.165, 1.54) is 6.07 Å². The first-order valence-corrected chi connectivity index (χ1v) is 7.14. The van der Waals surface area contributed by atoms with Gasteiger partial charge in [-0.2, -0.15) is 0 Å². The van der Waals surface area contributed by atoms with Gasteiger partial charge in [0.15, 0.2) is 0 Å². The standard InChI is InChI=1S/C14H18ClFN2O/c15-7-3-4-14(19)17-11-5-6-13(12(16)10-11)18-8-1-2-9-18/h5-6,10H,1-4,7-9H2,(H,17,19). The van der Waals surface area contributed by atoms with E-state index in [1.807, 2.05) is 4.90 Å². The highest BCUT2D eigenvalue weighted by molar-refractivity contribution is 6.18. The third-order valence-electron chi connectivity index (χ3n) is 3.22. The van der Waals surface area contributed by atoms with Crippen molar-refractivity contribution in [3.05, 3.63) is 24.0 Å². The van der Waals surface area contributed by atoms with E-state index in [1.54, 1.807) is 12.1 Å². The molecule has 104 valence electrons. The van der Waals surface area contributed by atoms with Crippen LogP contribution in [-0.4, -0.2) is 24.9 Å². The van der Waals surface area contributed by atoms with E-state index < -0.39 is 0 Å². The highest BCUT2D eigenvalue weighted by atomic mass is 35.5. The van der Waals surface area contributed by atoms with E-state index in [0.29, 0.717) is 30.1 Å². The molecule has 1 aliphatic heterocycles. The van der Waals surface area contributed by atoms with Gasteiger partial charge in [-0.05, 0) is 37.5 Å². The van der Waals surface area contributed by atoms with Crippen molar-refractivity contribution in [2.24, 2.45) is 0 Å². The van der Waals surface area contributed by atoms with Crippen molar-refractivity contribution in [1.82, 2.24) is 0 Å². The Bertz CT molecular complexity index is 447. The first kappa shape index (κ1) is 14.1. The maximum atomic E-state index is 14.0. The molecule has 0 radical (unpaired) electrons. The molecule has 0 aromatic heterocycles. The Kier molecular flexibility index (Phi) is 5.02. The topological polar surface area (TPSA) is 32.3 Å². The maximum absolute atomic E-state index is 14.0. The van der Waals surface area contributed by atoms with E-state index in [2.05, 4.69) is 5.32 Å². The second kappa shape index (κ2) is 6.75. The number of amides is 1. The molecule has 19 heavy (non-hydrogen) atoms. The van der Waals surface area contributed by atoms with Crippen molar-refractivity contribution in [3.8, 4) is 0 Å². The summed E-state index contributed by atoms with van der Waals surface area (Å²) < 4.78 is 14.0. The molecule has 0 aliphatic carbocycles. The lowest BCUT2D eigenvalue weighted by molar-refractivity contribution is -0.116. The summed E-state index contributed by atoms with van der Waals surface area (Å²) in [7, 11) is 0. The van der Waals surface area contributed by atoms with E-state index in [0.717, 1.165) is 25.9 Å². The number of alkyl halides is 1. The number of benzene rings is 1. The second-order valence-electron chi connectivity index (χ2n) is 4.70. The molecule has 0 atom stereocenters. The van der Waals surface area contributed by atoms with Gasteiger partial charge in [0.05, 0.1) is 5.69 Å². The molecule has 2 rings (SSSR count). The van der Waals surface area contributed by atoms with Gasteiger partial charge < -0.3 is 10.2 Å². The molecule has 1 aromatic rings. The first-order chi connectivity index (χ1) is 9.20. The summed E-state index contributed by atoms with van der Waals surface area (Å²) in [5.74, 6) is 0.0430. The summed E-state index contributed by atoms with van der Waals surface area (Å²) in [5, 5.41) is 2.68. The number of halogens is 2. The quantitative estimate of drug-likeness (QED) is 0.841. The number of carbonyl (C=O) groups excluding carboxylic acids is 1. The van der Waals surface area contributed by atoms with Gasteiger partial charge in [0.25, 0.3) is 0 Å². The predicted molar refractivity (Wildman–Crippen MR) is 76.4 cm³/mol. The molecule has 3 nitrogen and oxygen atoms in total. The first-order valence-electron chi connectivity index (χ1n) is 6.61. The van der Waals surface area contributed by atoms with Crippen LogP contribution in [0.25, 0.3) is 0 Å². The molecular formula is C14H18ClFN2O. The van der Waals surface area contributed by atoms with Crippen molar-refractivity contribution in [2.45, 2.75) is 25.7 Å². The van der Waals surface area contributed by atoms with Gasteiger partial charge in [-0.25, -0.2) is 4.39 Å². The smallest absolute Gasteiger partial charge is 0.224 e. The minimum Gasteiger partial charge on any atom is -0.369 e. The molecule has 0 bridgehead atoms. The van der Waals surface area contributed by atoms with Crippen molar-refractivity contribution in [3.63, 3.8) is 0 Å². The van der Waals surface area contributed by atoms with Gasteiger partial charge in [0.1, 0.15) is 5.82 Å². The third kappa shape index (κ3) is 3.83. The van der Waals surface area contributed by atoms with Crippen molar-refractivity contribution in [1.29, 1.82) is 0 Å². The number of hydrogen-bond donors (Lipinski definition) is 1. The molecule has 0 spiro atoms. The Hall–Kier alpha value is -1.29. The highest BCUT2D eigenvalue weighted by Crippen LogP contribution is 2.26. The van der Waals surface area contributed by atoms with E-state index in [9.17, 15) is 9.18 Å². The zero-order valence-electron chi connectivity index (χ0n) is 10.8. The number of hydrogen-bond acceptors (Lipinski definition) is 2. The van der Waals surface area contributed by atoms with Gasteiger partial charge in [0, 0.05) is 31.1 Å². The zero-order valence-corrected chi connectivity index (χ0v) is 11.5. The molecule has 1 aromatic carbocycles. The summed E-state index contributed by atoms with van der Waals surface area (Å²) in [4.78, 5) is 13.6. The van der Waals surface area contributed by atoms with Crippen molar-refractivity contribution in [2.75, 3.05) is 29.2 Å². The molecule has 5 heteroatoms. The van der Waals surface area contributed by atoms with E-state index >= 15 is 0 Å². The number of anilines is 2. The predicted octanol–water partition coefficient (Wildman–Crippen LogP) is 3.38. The highest BCUT2D eigenvalue weighted by Gasteiger charge is 2.16. The van der Waals surface area contributed by atoms with Crippen LogP contribution < -0.4 is 10.2 Å². The fourth-order valence-electron chi connectivity index (χ4n) is 2.25. The minimum atomic E-state index is -0.281. The largest absolute Gasteiger partial charge is 0.369 e. The van der Waals surface area contributed by atoms with Gasteiger partial charge in [0.2, 0.25) is 5.91 Å². The van der Waals surface area contributed by atoms with Crippen LogP contribution in [0.15, 0.2) is 18.2 Å². The van der Waals surface area contributed by atoms with Crippen LogP contribution in [0.5, 0.6) is 0 Å². The SMILES string of the molecule is O=C(CCCCl)Nc1ccc(N2CCCC2)c(F)c1. The van der Waals surface area contributed by atoms with Crippen LogP contribution in [0.4, 0.5) is 15.8 Å². The summed E-state index contributed by atoms with van der Waals surface area (Å²) in [6.45, 7) is 1.80. The molecule has 1 amide bonds. The van der Waals surface area contributed by atoms with Crippen LogP contribution in [0, 0.1) is 5.82 Å². The zero-order chi connectivity index (χ0) is 13.7. The molecule has 1 saturated heterocycles. The van der Waals surface area contributed by atoms with Crippen LogP contribution in [0.1, 0.15) is 25.7 Å². The van der Waals surface area contributed by atoms with Crippen LogP contribution in [0.3, 0.4) is 0 Å². The molecule has 0 saturated carbocycles. The summed E-state index contributed by atoms with van der Waals surface area (Å²) in [5.41, 5.74) is 1.12. The Morgan fingerprint density at radius 2 is 2.11 bits per heavy atom. The lowest BCUT2D eigenvalue weighted by atomic mass is 10.2. The molecule has 1 heterocycles. The summed E-state index contributed by atoms with van der Waals surface area (Å²) >= 11 is 5.52. The van der Waals surface area contributed by atoms with Gasteiger partial charge in [-0.15, -0.1) is 11.6 Å². The molecular weight excluding hydrogens is 267 g/mol. The Balaban J connectivity index is 2.00. The van der Waals surface area contributed by atoms with E-state index in [-0.39, 0.29) is 11.7 Å². The van der Waals surface area contributed by atoms with Gasteiger partial charge in [-0.3, -0.25) is 4.79 Å². The van der Waals surface area contributed by atoms with Gasteiger partial charge in [-0.1, -0.05) is 0 Å². The minimum absolute atomic E-state index is 0.131. The number of nitrogens with zero attached hydrogens (tertiary/aromatic N) is 1. The molecule has 1 fully saturated rings. The second-order valence-corrected chi connectivity index (χ2v) is 5.08. The maximum Gasteiger partial charge on any atom is 0.224 e.